The van der Waals surface area contributed by atoms with Gasteiger partial charge in [0.15, 0.2) is 5.78 Å². The second-order valence-corrected chi connectivity index (χ2v) is 17.7. The van der Waals surface area contributed by atoms with E-state index in [1.807, 2.05) is 0 Å². The summed E-state index contributed by atoms with van der Waals surface area (Å²) in [5.41, 5.74) is 0. The number of amides is 7. The molecule has 1 saturated heterocycles. The largest absolute Gasteiger partial charge is 0.380 e. The van der Waals surface area contributed by atoms with Crippen LogP contribution in [0.5, 0.6) is 0 Å². The van der Waals surface area contributed by atoms with Gasteiger partial charge in [0.2, 0.25) is 41.4 Å². The number of likely N-dealkylation sites (tertiary alicyclic amines) is 1. The van der Waals surface area contributed by atoms with E-state index >= 15 is 0 Å². The van der Waals surface area contributed by atoms with Crippen LogP contribution >= 0.6 is 0 Å². The Hall–Kier alpha value is -4.22. The molecule has 2 atom stereocenters. The van der Waals surface area contributed by atoms with E-state index in [0.29, 0.717) is 45.6 Å². The second kappa shape index (κ2) is 42.8. The van der Waals surface area contributed by atoms with Crippen LogP contribution in [0.25, 0.3) is 0 Å². The molecule has 0 aromatic rings. The van der Waals surface area contributed by atoms with E-state index in [1.54, 1.807) is 6.92 Å². The fourth-order valence-corrected chi connectivity index (χ4v) is 7.52. The zero-order valence-corrected chi connectivity index (χ0v) is 42.2. The molecule has 17 nitrogen and oxygen atoms in total. The molecule has 68 heavy (non-hydrogen) atoms. The molecule has 0 aromatic heterocycles. The first-order valence-electron chi connectivity index (χ1n) is 26.1. The van der Waals surface area contributed by atoms with Crippen molar-refractivity contribution in [3.8, 4) is 0 Å². The molecular weight excluding hydrogens is 873 g/mol. The number of unbranched alkanes of at least 4 members (excludes halogenated alkanes) is 13. The minimum atomic E-state index is -0.907. The summed E-state index contributed by atoms with van der Waals surface area (Å²) in [6, 6.07) is -0.907. The van der Waals surface area contributed by atoms with Crippen LogP contribution in [-0.4, -0.2) is 130 Å². The number of nitrogens with one attached hydrogen (secondary N) is 5. The van der Waals surface area contributed by atoms with Gasteiger partial charge in [0.25, 0.3) is 0 Å². The SMILES string of the molecule is CC/C=C\CCCC(=O)NCCOCCCC(=O)[C@H](CCC(=O)NCCOCCNC(=O)CCCCCCCCCCCCCCC)NC(=O)CCOCCNC(=O)CCN1C(=O)CC(C)C1=O. The third-order valence-electron chi connectivity index (χ3n) is 11.6. The summed E-state index contributed by atoms with van der Waals surface area (Å²) in [6.07, 6.45) is 24.8. The first-order chi connectivity index (χ1) is 33.0. The summed E-state index contributed by atoms with van der Waals surface area (Å²) in [7, 11) is 0. The van der Waals surface area contributed by atoms with Gasteiger partial charge in [0.05, 0.1) is 39.1 Å². The van der Waals surface area contributed by atoms with Gasteiger partial charge in [-0.15, -0.1) is 0 Å². The highest BCUT2D eigenvalue weighted by Gasteiger charge is 2.35. The lowest BCUT2D eigenvalue weighted by atomic mass is 10.0. The molecule has 390 valence electrons. The lowest BCUT2D eigenvalue weighted by molar-refractivity contribution is -0.139. The number of ether oxygens (including phenoxy) is 3. The molecule has 0 aliphatic carbocycles. The predicted octanol–water partition coefficient (Wildman–Crippen LogP) is 5.91. The van der Waals surface area contributed by atoms with Crippen LogP contribution in [0.15, 0.2) is 12.2 Å². The van der Waals surface area contributed by atoms with Crippen molar-refractivity contribution >= 4 is 47.1 Å². The van der Waals surface area contributed by atoms with Crippen LogP contribution in [0.4, 0.5) is 0 Å². The normalized spacial score (nSPS) is 14.0. The Morgan fingerprint density at radius 3 is 1.56 bits per heavy atom. The summed E-state index contributed by atoms with van der Waals surface area (Å²) in [5, 5.41) is 13.9. The van der Waals surface area contributed by atoms with Crippen molar-refractivity contribution in [1.29, 1.82) is 0 Å². The number of rotatable bonds is 46. The van der Waals surface area contributed by atoms with E-state index in [0.717, 1.165) is 37.0 Å². The molecule has 1 unspecified atom stereocenters. The Kier molecular flexibility index (Phi) is 38.9. The average molecular weight is 963 g/mol. The highest BCUT2D eigenvalue weighted by molar-refractivity contribution is 6.03. The fourth-order valence-electron chi connectivity index (χ4n) is 7.52. The average Bonchev–Trinajstić information content (AvgIpc) is 3.56. The monoisotopic (exact) mass is 963 g/mol. The van der Waals surface area contributed by atoms with E-state index in [2.05, 4.69) is 52.6 Å². The van der Waals surface area contributed by atoms with Crippen molar-refractivity contribution in [1.82, 2.24) is 31.5 Å². The summed E-state index contributed by atoms with van der Waals surface area (Å²) in [6.45, 7) is 8.51. The zero-order chi connectivity index (χ0) is 49.9. The minimum absolute atomic E-state index is 0.00761. The van der Waals surface area contributed by atoms with Crippen molar-refractivity contribution in [2.45, 2.75) is 187 Å². The molecule has 7 amide bonds. The minimum Gasteiger partial charge on any atom is -0.380 e. The smallest absolute Gasteiger partial charge is 0.232 e. The molecule has 1 heterocycles. The number of carbonyl (C=O) groups excluding carboxylic acids is 8. The maximum atomic E-state index is 13.3. The van der Waals surface area contributed by atoms with Gasteiger partial charge in [-0.1, -0.05) is 110 Å². The molecule has 5 N–H and O–H groups in total. The Labute approximate surface area is 407 Å². The molecule has 1 aliphatic heterocycles. The molecular formula is C51H90N6O11. The summed E-state index contributed by atoms with van der Waals surface area (Å²) >= 11 is 0. The maximum Gasteiger partial charge on any atom is 0.232 e. The molecule has 0 radical (unpaired) electrons. The van der Waals surface area contributed by atoms with Crippen molar-refractivity contribution in [3.05, 3.63) is 12.2 Å². The Bertz CT molecular complexity index is 1460. The van der Waals surface area contributed by atoms with Gasteiger partial charge in [0, 0.05) is 90.2 Å². The van der Waals surface area contributed by atoms with Gasteiger partial charge in [-0.25, -0.2) is 0 Å². The second-order valence-electron chi connectivity index (χ2n) is 17.7. The van der Waals surface area contributed by atoms with Crippen molar-refractivity contribution in [2.24, 2.45) is 5.92 Å². The quantitative estimate of drug-likeness (QED) is 0.0274. The Morgan fingerprint density at radius 2 is 1.03 bits per heavy atom. The topological polar surface area (TPSA) is 228 Å². The van der Waals surface area contributed by atoms with Gasteiger partial charge >= 0.3 is 0 Å². The van der Waals surface area contributed by atoms with E-state index in [1.165, 1.54) is 70.6 Å². The standard InChI is InChI=1S/C51H90N6O11/c1-4-6-8-10-11-12-13-14-15-16-17-19-21-25-46(60)53-32-39-68-40-33-54-47(61)27-26-43(44(58)23-22-35-66-37-30-52-45(59)24-20-18-9-7-5-2)56-49(63)29-36-67-38-31-55-48(62)28-34-57-50(64)41-42(3)51(57)65/h7,9,42-43H,4-6,8,10-41H2,1-3H3,(H,52,59)(H,53,60)(H,54,61)(H,55,62)(H,56,63)/b9-7-/t42?,43-/m0/s1. The van der Waals surface area contributed by atoms with Crippen LogP contribution in [0, 0.1) is 5.92 Å². The van der Waals surface area contributed by atoms with E-state index in [9.17, 15) is 38.4 Å². The number of Topliss-reactive ketones (excluding diaryl/α,β-unsaturated/α-hetero) is 1. The number of allylic oxidation sites excluding steroid dienone is 2. The molecule has 0 spiro atoms. The highest BCUT2D eigenvalue weighted by atomic mass is 16.5. The van der Waals surface area contributed by atoms with Crippen LogP contribution < -0.4 is 26.6 Å². The number of hydrogen-bond acceptors (Lipinski definition) is 11. The summed E-state index contributed by atoms with van der Waals surface area (Å²) in [5.74, 6) is -2.24. The van der Waals surface area contributed by atoms with Crippen molar-refractivity contribution in [2.75, 3.05) is 72.4 Å². The molecule has 17 heteroatoms. The fraction of sp³-hybridized carbons (Fsp3) is 0.804. The Morgan fingerprint density at radius 1 is 0.544 bits per heavy atom. The third-order valence-corrected chi connectivity index (χ3v) is 11.6. The van der Waals surface area contributed by atoms with Gasteiger partial charge in [-0.05, 0) is 38.5 Å². The summed E-state index contributed by atoms with van der Waals surface area (Å²) < 4.78 is 16.7. The lowest BCUT2D eigenvalue weighted by Gasteiger charge is -2.18. The first kappa shape index (κ1) is 61.8. The Balaban J connectivity index is 2.33. The van der Waals surface area contributed by atoms with Crippen LogP contribution in [0.3, 0.4) is 0 Å². The number of imide groups is 1. The van der Waals surface area contributed by atoms with Crippen LogP contribution in [-0.2, 0) is 52.6 Å². The number of hydrogen-bond donors (Lipinski definition) is 5. The highest BCUT2D eigenvalue weighted by Crippen LogP contribution is 2.19. The van der Waals surface area contributed by atoms with E-state index in [-0.39, 0.29) is 132 Å². The molecule has 0 aromatic carbocycles. The number of carbonyl (C=O) groups is 8. The van der Waals surface area contributed by atoms with Gasteiger partial charge in [0.1, 0.15) is 0 Å². The van der Waals surface area contributed by atoms with Crippen molar-refractivity contribution < 1.29 is 52.6 Å². The van der Waals surface area contributed by atoms with E-state index in [4.69, 9.17) is 14.2 Å². The predicted molar refractivity (Wildman–Crippen MR) is 263 cm³/mol. The number of ketones is 1. The summed E-state index contributed by atoms with van der Waals surface area (Å²) in [4.78, 5) is 100. The number of nitrogens with zero attached hydrogens (tertiary/aromatic N) is 1. The van der Waals surface area contributed by atoms with Crippen LogP contribution in [0.1, 0.15) is 181 Å². The van der Waals surface area contributed by atoms with E-state index < -0.39 is 11.9 Å². The van der Waals surface area contributed by atoms with Gasteiger partial charge in [-0.2, -0.15) is 0 Å². The molecule has 0 saturated carbocycles. The van der Waals surface area contributed by atoms with Crippen LogP contribution in [0.2, 0.25) is 0 Å². The van der Waals surface area contributed by atoms with Gasteiger partial charge in [-0.3, -0.25) is 43.3 Å². The van der Waals surface area contributed by atoms with Crippen molar-refractivity contribution in [3.63, 3.8) is 0 Å². The lowest BCUT2D eigenvalue weighted by Crippen LogP contribution is -2.42. The molecule has 1 fully saturated rings. The molecule has 1 aliphatic rings. The maximum absolute atomic E-state index is 13.3. The third kappa shape index (κ3) is 35.0. The van der Waals surface area contributed by atoms with Gasteiger partial charge < -0.3 is 40.8 Å². The molecule has 0 bridgehead atoms. The zero-order valence-electron chi connectivity index (χ0n) is 42.2. The first-order valence-corrected chi connectivity index (χ1v) is 26.1. The molecule has 1 rings (SSSR count).